The summed E-state index contributed by atoms with van der Waals surface area (Å²) in [7, 11) is 0. The van der Waals surface area contributed by atoms with Gasteiger partial charge in [-0.1, -0.05) is 12.1 Å². The molecule has 27 heavy (non-hydrogen) atoms. The van der Waals surface area contributed by atoms with Gasteiger partial charge in [0, 0.05) is 55.0 Å². The Morgan fingerprint density at radius 2 is 1.93 bits per heavy atom. The van der Waals surface area contributed by atoms with Crippen molar-refractivity contribution in [2.45, 2.75) is 19.0 Å². The highest BCUT2D eigenvalue weighted by molar-refractivity contribution is 7.15. The lowest BCUT2D eigenvalue weighted by molar-refractivity contribution is -0.384. The van der Waals surface area contributed by atoms with Crippen LogP contribution in [0.15, 0.2) is 36.4 Å². The first kappa shape index (κ1) is 18.1. The first-order chi connectivity index (χ1) is 13.1. The Bertz CT molecular complexity index is 845. The highest BCUT2D eigenvalue weighted by atomic mass is 32.1. The molecule has 1 aromatic carbocycles. The fourth-order valence-corrected chi connectivity index (χ4v) is 4.80. The number of nitro benzene ring substituents is 1. The van der Waals surface area contributed by atoms with Crippen molar-refractivity contribution >= 4 is 23.0 Å². The molecule has 0 radical (unpaired) electrons. The summed E-state index contributed by atoms with van der Waals surface area (Å²) < 4.78 is 5.07. The molecular weight excluding hydrogens is 366 g/mol. The molecule has 0 aliphatic carbocycles. The van der Waals surface area contributed by atoms with Crippen molar-refractivity contribution in [3.8, 4) is 10.4 Å². The Kier molecular flexibility index (Phi) is 5.20. The largest absolute Gasteiger partial charge is 0.464 e. The zero-order chi connectivity index (χ0) is 18.8. The minimum Gasteiger partial charge on any atom is -0.464 e. The molecule has 0 amide bonds. The summed E-state index contributed by atoms with van der Waals surface area (Å²) in [6.07, 6.45) is 0.795. The van der Waals surface area contributed by atoms with Crippen LogP contribution in [-0.2, 0) is 16.1 Å². The Balaban J connectivity index is 1.38. The third-order valence-corrected chi connectivity index (χ3v) is 6.27. The van der Waals surface area contributed by atoms with Crippen LogP contribution in [0.1, 0.15) is 11.3 Å². The summed E-state index contributed by atoms with van der Waals surface area (Å²) in [5.41, 5.74) is 0.811. The average Bonchev–Trinajstić information content (AvgIpc) is 3.31. The zero-order valence-corrected chi connectivity index (χ0v) is 15.7. The molecule has 2 fully saturated rings. The van der Waals surface area contributed by atoms with E-state index in [-0.39, 0.29) is 22.6 Å². The predicted octanol–water partition coefficient (Wildman–Crippen LogP) is 2.76. The van der Waals surface area contributed by atoms with Gasteiger partial charge in [-0.25, -0.2) is 0 Å². The van der Waals surface area contributed by atoms with Gasteiger partial charge in [0.05, 0.1) is 17.1 Å². The number of carbonyl (C=O) groups excluding carboxylic acids is 1. The summed E-state index contributed by atoms with van der Waals surface area (Å²) >= 11 is 1.60. The van der Waals surface area contributed by atoms with Crippen LogP contribution in [-0.4, -0.2) is 59.5 Å². The Hall–Kier alpha value is -2.29. The second kappa shape index (κ2) is 7.75. The number of rotatable bonds is 5. The van der Waals surface area contributed by atoms with Crippen LogP contribution in [0.5, 0.6) is 0 Å². The minimum absolute atomic E-state index is 0.0703. The highest BCUT2D eigenvalue weighted by Gasteiger charge is 2.34. The van der Waals surface area contributed by atoms with Crippen molar-refractivity contribution in [3.63, 3.8) is 0 Å². The monoisotopic (exact) mass is 387 g/mol. The number of ether oxygens (including phenoxy) is 1. The van der Waals surface area contributed by atoms with E-state index in [9.17, 15) is 14.9 Å². The van der Waals surface area contributed by atoms with E-state index in [0.29, 0.717) is 12.2 Å². The number of cyclic esters (lactones) is 1. The van der Waals surface area contributed by atoms with Gasteiger partial charge in [0.25, 0.3) is 5.69 Å². The van der Waals surface area contributed by atoms with Gasteiger partial charge in [0.1, 0.15) is 6.04 Å². The molecule has 1 aromatic heterocycles. The number of hydrogen-bond donors (Lipinski definition) is 0. The summed E-state index contributed by atoms with van der Waals surface area (Å²) in [4.78, 5) is 29.4. The molecular formula is C19H21N3O4S. The van der Waals surface area contributed by atoms with E-state index in [1.54, 1.807) is 29.5 Å². The van der Waals surface area contributed by atoms with E-state index in [1.165, 1.54) is 4.88 Å². The van der Waals surface area contributed by atoms with Gasteiger partial charge in [0.2, 0.25) is 0 Å². The van der Waals surface area contributed by atoms with E-state index in [4.69, 9.17) is 4.74 Å². The summed E-state index contributed by atoms with van der Waals surface area (Å²) in [6, 6.07) is 10.8. The first-order valence-corrected chi connectivity index (χ1v) is 9.89. The van der Waals surface area contributed by atoms with Gasteiger partial charge in [-0.15, -0.1) is 11.3 Å². The van der Waals surface area contributed by atoms with E-state index in [2.05, 4.69) is 15.9 Å². The van der Waals surface area contributed by atoms with Gasteiger partial charge >= 0.3 is 5.97 Å². The maximum absolute atomic E-state index is 11.7. The number of benzene rings is 1. The molecule has 142 valence electrons. The number of para-hydroxylation sites is 1. The molecule has 2 saturated heterocycles. The van der Waals surface area contributed by atoms with E-state index in [1.807, 2.05) is 12.1 Å². The quantitative estimate of drug-likeness (QED) is 0.446. The Labute approximate surface area is 161 Å². The molecule has 8 heteroatoms. The summed E-state index contributed by atoms with van der Waals surface area (Å²) in [6.45, 7) is 4.90. The Morgan fingerprint density at radius 3 is 2.63 bits per heavy atom. The standard InChI is InChI=1S/C19H21N3O4S/c23-19-17(7-12-26-19)21-10-8-20(9-11-21)13-14-5-6-18(27-14)15-3-1-2-4-16(15)22(24)25/h1-6,17H,7-13H2/t17-/m1/s1. The van der Waals surface area contributed by atoms with Gasteiger partial charge in [-0.05, 0) is 18.2 Å². The number of hydrogen-bond acceptors (Lipinski definition) is 7. The minimum atomic E-state index is -0.331. The van der Waals surface area contributed by atoms with Gasteiger partial charge in [0.15, 0.2) is 0 Å². The zero-order valence-electron chi connectivity index (χ0n) is 14.9. The maximum atomic E-state index is 11.7. The number of thiophene rings is 1. The highest BCUT2D eigenvalue weighted by Crippen LogP contribution is 2.35. The fourth-order valence-electron chi connectivity index (χ4n) is 3.72. The lowest BCUT2D eigenvalue weighted by Gasteiger charge is -2.36. The van der Waals surface area contributed by atoms with Crippen LogP contribution in [0, 0.1) is 10.1 Å². The maximum Gasteiger partial charge on any atom is 0.323 e. The lowest BCUT2D eigenvalue weighted by Crippen LogP contribution is -2.51. The summed E-state index contributed by atoms with van der Waals surface area (Å²) in [5.74, 6) is -0.0872. The van der Waals surface area contributed by atoms with Crippen molar-refractivity contribution in [3.05, 3.63) is 51.4 Å². The van der Waals surface area contributed by atoms with Crippen LogP contribution in [0.4, 0.5) is 5.69 Å². The number of nitrogens with zero attached hydrogens (tertiary/aromatic N) is 3. The van der Waals surface area contributed by atoms with E-state index < -0.39 is 0 Å². The molecule has 0 N–H and O–H groups in total. The molecule has 4 rings (SSSR count). The molecule has 7 nitrogen and oxygen atoms in total. The van der Waals surface area contributed by atoms with Crippen molar-refractivity contribution in [2.75, 3.05) is 32.8 Å². The molecule has 0 bridgehead atoms. The van der Waals surface area contributed by atoms with Crippen molar-refractivity contribution < 1.29 is 14.5 Å². The predicted molar refractivity (Wildman–Crippen MR) is 103 cm³/mol. The van der Waals surface area contributed by atoms with Crippen LogP contribution < -0.4 is 0 Å². The number of nitro groups is 1. The van der Waals surface area contributed by atoms with Crippen LogP contribution in [0.25, 0.3) is 10.4 Å². The van der Waals surface area contributed by atoms with Crippen LogP contribution in [0.2, 0.25) is 0 Å². The molecule has 2 aromatic rings. The molecule has 3 heterocycles. The topological polar surface area (TPSA) is 75.9 Å². The SMILES string of the molecule is O=C1OCC[C@H]1N1CCN(Cc2ccc(-c3ccccc3[N+](=O)[O-])s2)CC1. The summed E-state index contributed by atoms with van der Waals surface area (Å²) in [5, 5.41) is 11.2. The second-order valence-corrected chi connectivity index (χ2v) is 7.99. The van der Waals surface area contributed by atoms with Crippen molar-refractivity contribution in [1.29, 1.82) is 0 Å². The normalized spacial score (nSPS) is 21.3. The van der Waals surface area contributed by atoms with Crippen LogP contribution >= 0.6 is 11.3 Å². The number of carbonyl (C=O) groups is 1. The number of esters is 1. The third kappa shape index (κ3) is 3.87. The fraction of sp³-hybridized carbons (Fsp3) is 0.421. The molecule has 0 spiro atoms. The molecule has 0 unspecified atom stereocenters. The van der Waals surface area contributed by atoms with Gasteiger partial charge in [-0.2, -0.15) is 0 Å². The van der Waals surface area contributed by atoms with E-state index >= 15 is 0 Å². The third-order valence-electron chi connectivity index (χ3n) is 5.16. The van der Waals surface area contributed by atoms with Gasteiger partial charge < -0.3 is 4.74 Å². The van der Waals surface area contributed by atoms with Crippen molar-refractivity contribution in [2.24, 2.45) is 0 Å². The first-order valence-electron chi connectivity index (χ1n) is 9.07. The smallest absolute Gasteiger partial charge is 0.323 e. The second-order valence-electron chi connectivity index (χ2n) is 6.82. The molecule has 1 atom stereocenters. The molecule has 2 aliphatic heterocycles. The van der Waals surface area contributed by atoms with Crippen molar-refractivity contribution in [1.82, 2.24) is 9.80 Å². The lowest BCUT2D eigenvalue weighted by atomic mass is 10.1. The van der Waals surface area contributed by atoms with E-state index in [0.717, 1.165) is 44.0 Å². The van der Waals surface area contributed by atoms with Crippen LogP contribution in [0.3, 0.4) is 0 Å². The molecule has 0 saturated carbocycles. The number of piperazine rings is 1. The Morgan fingerprint density at radius 1 is 1.15 bits per heavy atom. The average molecular weight is 387 g/mol. The van der Waals surface area contributed by atoms with Gasteiger partial charge in [-0.3, -0.25) is 24.7 Å². The molecule has 2 aliphatic rings.